The predicted molar refractivity (Wildman–Crippen MR) is 73.9 cm³/mol. The number of hydrogen-bond donors (Lipinski definition) is 3. The molecule has 1 aromatic carbocycles. The molecule has 0 bridgehead atoms. The fourth-order valence-electron chi connectivity index (χ4n) is 1.38. The van der Waals surface area contributed by atoms with Crippen LogP contribution in [0.1, 0.15) is 17.5 Å². The van der Waals surface area contributed by atoms with Crippen molar-refractivity contribution in [2.24, 2.45) is 0 Å². The number of carbonyl (C=O) groups excluding carboxylic acids is 1. The number of aromatic amines is 1. The molecule has 0 atom stereocenters. The van der Waals surface area contributed by atoms with Crippen molar-refractivity contribution in [1.82, 2.24) is 15.2 Å². The van der Waals surface area contributed by atoms with Gasteiger partial charge < -0.3 is 5.32 Å². The molecule has 1 aromatic heterocycles. The van der Waals surface area contributed by atoms with Gasteiger partial charge in [0, 0.05) is 11.4 Å². The fraction of sp³-hybridized carbons (Fsp3) is 0.182. The lowest BCUT2D eigenvalue weighted by atomic mass is 10.3. The van der Waals surface area contributed by atoms with Crippen LogP contribution in [0.2, 0.25) is 0 Å². The summed E-state index contributed by atoms with van der Waals surface area (Å²) < 4.78 is 25.2. The number of rotatable bonds is 5. The lowest BCUT2D eigenvalue weighted by Crippen LogP contribution is -2.15. The number of carbonyl (C=O) groups is 1. The molecule has 106 valence electrons. The van der Waals surface area contributed by atoms with Crippen LogP contribution in [0.15, 0.2) is 30.6 Å². The number of anilines is 2. The van der Waals surface area contributed by atoms with Crippen LogP contribution in [-0.4, -0.2) is 35.3 Å². The third-order valence-corrected chi connectivity index (χ3v) is 3.73. The summed E-state index contributed by atoms with van der Waals surface area (Å²) in [5.41, 5.74) is 0.954. The van der Waals surface area contributed by atoms with E-state index in [0.29, 0.717) is 11.4 Å². The van der Waals surface area contributed by atoms with Crippen molar-refractivity contribution in [2.45, 2.75) is 6.92 Å². The normalized spacial score (nSPS) is 11.1. The highest BCUT2D eigenvalue weighted by Crippen LogP contribution is 2.15. The number of benzene rings is 1. The predicted octanol–water partition coefficient (Wildman–Crippen LogP) is 0.819. The van der Waals surface area contributed by atoms with Crippen LogP contribution in [0.5, 0.6) is 0 Å². The Hall–Kier alpha value is -2.42. The molecule has 0 fully saturated rings. The summed E-state index contributed by atoms with van der Waals surface area (Å²) in [7, 11) is -3.30. The van der Waals surface area contributed by atoms with E-state index in [1.165, 1.54) is 6.33 Å². The SMILES string of the molecule is CCS(=O)(=O)Nc1ccc(NC(=O)c2ncn[nH]2)cc1. The molecule has 2 aromatic rings. The molecular weight excluding hydrogens is 282 g/mol. The maximum absolute atomic E-state index is 11.7. The maximum Gasteiger partial charge on any atom is 0.292 e. The number of H-pyrrole nitrogens is 1. The van der Waals surface area contributed by atoms with Gasteiger partial charge >= 0.3 is 0 Å². The Morgan fingerprint density at radius 1 is 1.25 bits per heavy atom. The Balaban J connectivity index is 2.04. The largest absolute Gasteiger partial charge is 0.319 e. The molecular formula is C11H13N5O3S. The monoisotopic (exact) mass is 295 g/mol. The second-order valence-electron chi connectivity index (χ2n) is 3.87. The van der Waals surface area contributed by atoms with E-state index in [4.69, 9.17) is 0 Å². The van der Waals surface area contributed by atoms with Crippen LogP contribution in [0.3, 0.4) is 0 Å². The Bertz CT molecular complexity index is 679. The number of hydrogen-bond acceptors (Lipinski definition) is 5. The van der Waals surface area contributed by atoms with E-state index in [2.05, 4.69) is 25.2 Å². The van der Waals surface area contributed by atoms with Gasteiger partial charge in [0.05, 0.1) is 5.75 Å². The first-order chi connectivity index (χ1) is 9.50. The zero-order chi connectivity index (χ0) is 14.6. The average Bonchev–Trinajstić information content (AvgIpc) is 2.95. The summed E-state index contributed by atoms with van der Waals surface area (Å²) in [5, 5.41) is 8.62. The molecule has 0 saturated heterocycles. The zero-order valence-corrected chi connectivity index (χ0v) is 11.4. The van der Waals surface area contributed by atoms with Gasteiger partial charge in [-0.25, -0.2) is 13.4 Å². The van der Waals surface area contributed by atoms with Gasteiger partial charge in [0.1, 0.15) is 6.33 Å². The van der Waals surface area contributed by atoms with Crippen molar-refractivity contribution in [3.8, 4) is 0 Å². The summed E-state index contributed by atoms with van der Waals surface area (Å²) in [4.78, 5) is 15.4. The molecule has 9 heteroatoms. The van der Waals surface area contributed by atoms with Crippen LogP contribution < -0.4 is 10.0 Å². The van der Waals surface area contributed by atoms with Crippen molar-refractivity contribution in [2.75, 3.05) is 15.8 Å². The van der Waals surface area contributed by atoms with Gasteiger partial charge in [0.15, 0.2) is 0 Å². The number of sulfonamides is 1. The second kappa shape index (κ2) is 5.70. The molecule has 0 aliphatic carbocycles. The van der Waals surface area contributed by atoms with Crippen LogP contribution >= 0.6 is 0 Å². The minimum Gasteiger partial charge on any atom is -0.319 e. The Morgan fingerprint density at radius 3 is 2.45 bits per heavy atom. The molecule has 1 heterocycles. The molecule has 0 aliphatic heterocycles. The number of nitrogens with zero attached hydrogens (tertiary/aromatic N) is 2. The Morgan fingerprint density at radius 2 is 1.90 bits per heavy atom. The highest BCUT2D eigenvalue weighted by molar-refractivity contribution is 7.92. The van der Waals surface area contributed by atoms with Crippen molar-refractivity contribution in [3.05, 3.63) is 36.4 Å². The molecule has 0 radical (unpaired) electrons. The van der Waals surface area contributed by atoms with E-state index >= 15 is 0 Å². The van der Waals surface area contributed by atoms with Crippen LogP contribution in [-0.2, 0) is 10.0 Å². The third-order valence-electron chi connectivity index (χ3n) is 2.43. The van der Waals surface area contributed by atoms with Crippen molar-refractivity contribution < 1.29 is 13.2 Å². The average molecular weight is 295 g/mol. The molecule has 3 N–H and O–H groups in total. The number of aromatic nitrogens is 3. The van der Waals surface area contributed by atoms with Gasteiger partial charge in [-0.1, -0.05) is 0 Å². The van der Waals surface area contributed by atoms with Crippen LogP contribution in [0, 0.1) is 0 Å². The van der Waals surface area contributed by atoms with E-state index in [1.54, 1.807) is 31.2 Å². The minimum atomic E-state index is -3.30. The third kappa shape index (κ3) is 3.54. The lowest BCUT2D eigenvalue weighted by Gasteiger charge is -2.07. The summed E-state index contributed by atoms with van der Waals surface area (Å²) in [5.74, 6) is -0.332. The van der Waals surface area contributed by atoms with Gasteiger partial charge in [-0.3, -0.25) is 14.6 Å². The second-order valence-corrected chi connectivity index (χ2v) is 5.88. The van der Waals surface area contributed by atoms with E-state index in [-0.39, 0.29) is 11.6 Å². The molecule has 0 unspecified atom stereocenters. The van der Waals surface area contributed by atoms with Crippen molar-refractivity contribution in [3.63, 3.8) is 0 Å². The standard InChI is InChI=1S/C11H13N5O3S/c1-2-20(18,19)16-9-5-3-8(4-6-9)14-11(17)10-12-7-13-15-10/h3-7,16H,2H2,1H3,(H,14,17)(H,12,13,15). The number of amides is 1. The highest BCUT2D eigenvalue weighted by atomic mass is 32.2. The van der Waals surface area contributed by atoms with Crippen molar-refractivity contribution >= 4 is 27.3 Å². The van der Waals surface area contributed by atoms with Gasteiger partial charge in [-0.2, -0.15) is 5.10 Å². The Kier molecular flexibility index (Phi) is 3.99. The molecule has 1 amide bonds. The van der Waals surface area contributed by atoms with E-state index in [0.717, 1.165) is 0 Å². The van der Waals surface area contributed by atoms with E-state index < -0.39 is 15.9 Å². The Labute approximate surface area is 115 Å². The smallest absolute Gasteiger partial charge is 0.292 e. The summed E-state index contributed by atoms with van der Waals surface area (Å²) >= 11 is 0. The maximum atomic E-state index is 11.7. The number of nitrogens with one attached hydrogen (secondary N) is 3. The van der Waals surface area contributed by atoms with Gasteiger partial charge in [-0.05, 0) is 31.2 Å². The molecule has 20 heavy (non-hydrogen) atoms. The first-order valence-corrected chi connectivity index (χ1v) is 7.42. The summed E-state index contributed by atoms with van der Waals surface area (Å²) in [6.07, 6.45) is 1.23. The van der Waals surface area contributed by atoms with Gasteiger partial charge in [0.25, 0.3) is 5.91 Å². The first kappa shape index (κ1) is 14.0. The summed E-state index contributed by atoms with van der Waals surface area (Å²) in [6, 6.07) is 6.29. The van der Waals surface area contributed by atoms with E-state index in [1.807, 2.05) is 0 Å². The quantitative estimate of drug-likeness (QED) is 0.755. The zero-order valence-electron chi connectivity index (χ0n) is 10.6. The first-order valence-electron chi connectivity index (χ1n) is 5.77. The van der Waals surface area contributed by atoms with Gasteiger partial charge in [-0.15, -0.1) is 0 Å². The molecule has 0 aliphatic rings. The molecule has 8 nitrogen and oxygen atoms in total. The van der Waals surface area contributed by atoms with Crippen LogP contribution in [0.25, 0.3) is 0 Å². The lowest BCUT2D eigenvalue weighted by molar-refractivity contribution is 0.101. The highest BCUT2D eigenvalue weighted by Gasteiger charge is 2.09. The van der Waals surface area contributed by atoms with E-state index in [9.17, 15) is 13.2 Å². The van der Waals surface area contributed by atoms with Crippen molar-refractivity contribution in [1.29, 1.82) is 0 Å². The summed E-state index contributed by atoms with van der Waals surface area (Å²) in [6.45, 7) is 1.55. The molecule has 0 spiro atoms. The molecule has 2 rings (SSSR count). The van der Waals surface area contributed by atoms with Gasteiger partial charge in [0.2, 0.25) is 15.8 Å². The minimum absolute atomic E-state index is 0.00300. The fourth-order valence-corrected chi connectivity index (χ4v) is 2.02. The molecule has 0 saturated carbocycles. The topological polar surface area (TPSA) is 117 Å². The van der Waals surface area contributed by atoms with Crippen LogP contribution in [0.4, 0.5) is 11.4 Å².